The Bertz CT molecular complexity index is 1030. The first-order valence-electron chi connectivity index (χ1n) is 9.43. The van der Waals surface area contributed by atoms with Crippen LogP contribution in [0.15, 0.2) is 41.6 Å². The zero-order chi connectivity index (χ0) is 19.5. The third kappa shape index (κ3) is 3.68. The molecule has 8 nitrogen and oxygen atoms in total. The molecule has 0 atom stereocenters. The van der Waals surface area contributed by atoms with Crippen LogP contribution in [-0.2, 0) is 11.3 Å². The zero-order valence-corrected chi connectivity index (χ0v) is 16.2. The number of hydrogen-bond acceptors (Lipinski definition) is 7. The second kappa shape index (κ2) is 7.93. The van der Waals surface area contributed by atoms with Crippen LogP contribution >= 0.6 is 0 Å². The molecule has 3 heterocycles. The highest BCUT2D eigenvalue weighted by Gasteiger charge is 2.19. The SMILES string of the molecule is COCCn1cnc2cc(N3CCN(c4ccnc(C)n4)CC3)ccc2c1=O. The second-order valence-electron chi connectivity index (χ2n) is 6.87. The van der Waals surface area contributed by atoms with Gasteiger partial charge in [-0.05, 0) is 31.2 Å². The molecule has 1 aromatic carbocycles. The van der Waals surface area contributed by atoms with Gasteiger partial charge in [0.25, 0.3) is 5.56 Å². The predicted molar refractivity (Wildman–Crippen MR) is 109 cm³/mol. The maximum absolute atomic E-state index is 12.6. The van der Waals surface area contributed by atoms with Crippen LogP contribution in [0.1, 0.15) is 5.82 Å². The normalized spacial score (nSPS) is 14.6. The van der Waals surface area contributed by atoms with Gasteiger partial charge in [0.1, 0.15) is 11.6 Å². The van der Waals surface area contributed by atoms with E-state index in [1.54, 1.807) is 24.2 Å². The van der Waals surface area contributed by atoms with Gasteiger partial charge >= 0.3 is 0 Å². The van der Waals surface area contributed by atoms with Crippen molar-refractivity contribution in [2.24, 2.45) is 0 Å². The van der Waals surface area contributed by atoms with Gasteiger partial charge in [0.15, 0.2) is 0 Å². The van der Waals surface area contributed by atoms with Crippen LogP contribution < -0.4 is 15.4 Å². The lowest BCUT2D eigenvalue weighted by atomic mass is 10.2. The average molecular weight is 380 g/mol. The Hall–Kier alpha value is -3.00. The zero-order valence-electron chi connectivity index (χ0n) is 16.2. The summed E-state index contributed by atoms with van der Waals surface area (Å²) in [5, 5.41) is 0.637. The lowest BCUT2D eigenvalue weighted by molar-refractivity contribution is 0.186. The van der Waals surface area contributed by atoms with Crippen molar-refractivity contribution >= 4 is 22.4 Å². The van der Waals surface area contributed by atoms with Crippen molar-refractivity contribution in [3.8, 4) is 0 Å². The molecule has 28 heavy (non-hydrogen) atoms. The largest absolute Gasteiger partial charge is 0.383 e. The maximum Gasteiger partial charge on any atom is 0.261 e. The van der Waals surface area contributed by atoms with Crippen LogP contribution in [-0.4, -0.2) is 59.4 Å². The molecule has 0 amide bonds. The van der Waals surface area contributed by atoms with Crippen molar-refractivity contribution in [3.05, 3.63) is 53.0 Å². The van der Waals surface area contributed by atoms with Gasteiger partial charge in [0, 0.05) is 45.2 Å². The summed E-state index contributed by atoms with van der Waals surface area (Å²) in [7, 11) is 1.62. The van der Waals surface area contributed by atoms with Crippen molar-refractivity contribution in [1.82, 2.24) is 19.5 Å². The maximum atomic E-state index is 12.6. The first-order chi connectivity index (χ1) is 13.7. The van der Waals surface area contributed by atoms with Crippen LogP contribution in [0, 0.1) is 6.92 Å². The van der Waals surface area contributed by atoms with Gasteiger partial charge in [-0.15, -0.1) is 0 Å². The van der Waals surface area contributed by atoms with Crippen LogP contribution in [0.4, 0.5) is 11.5 Å². The van der Waals surface area contributed by atoms with E-state index in [0.717, 1.165) is 49.0 Å². The highest BCUT2D eigenvalue weighted by Crippen LogP contribution is 2.22. The summed E-state index contributed by atoms with van der Waals surface area (Å²) in [6.45, 7) is 6.46. The van der Waals surface area contributed by atoms with E-state index in [9.17, 15) is 4.79 Å². The molecule has 1 fully saturated rings. The van der Waals surface area contributed by atoms with Gasteiger partial charge < -0.3 is 14.5 Å². The number of anilines is 2. The lowest BCUT2D eigenvalue weighted by Crippen LogP contribution is -2.46. The first kappa shape index (κ1) is 18.4. The fourth-order valence-corrected chi connectivity index (χ4v) is 3.51. The number of ether oxygens (including phenoxy) is 1. The van der Waals surface area contributed by atoms with Crippen LogP contribution in [0.25, 0.3) is 10.9 Å². The lowest BCUT2D eigenvalue weighted by Gasteiger charge is -2.36. The Labute approximate surface area is 163 Å². The van der Waals surface area contributed by atoms with Crippen molar-refractivity contribution in [1.29, 1.82) is 0 Å². The minimum absolute atomic E-state index is 0.0300. The van der Waals surface area contributed by atoms with Gasteiger partial charge in [-0.2, -0.15) is 0 Å². The van der Waals surface area contributed by atoms with Gasteiger partial charge in [-0.25, -0.2) is 15.0 Å². The number of benzene rings is 1. The molecule has 0 bridgehead atoms. The highest BCUT2D eigenvalue weighted by molar-refractivity contribution is 5.81. The molecule has 1 aliphatic rings. The summed E-state index contributed by atoms with van der Waals surface area (Å²) in [6.07, 6.45) is 3.40. The molecule has 0 spiro atoms. The van der Waals surface area contributed by atoms with E-state index in [1.807, 2.05) is 31.2 Å². The molecule has 146 valence electrons. The number of aromatic nitrogens is 4. The summed E-state index contributed by atoms with van der Waals surface area (Å²) in [5.41, 5.74) is 1.79. The van der Waals surface area contributed by atoms with E-state index in [4.69, 9.17) is 4.74 Å². The Morgan fingerprint density at radius 3 is 2.61 bits per heavy atom. The fraction of sp³-hybridized carbons (Fsp3) is 0.400. The number of methoxy groups -OCH3 is 1. The van der Waals surface area contributed by atoms with Gasteiger partial charge in [0.05, 0.1) is 30.4 Å². The Morgan fingerprint density at radius 2 is 1.86 bits per heavy atom. The topological polar surface area (TPSA) is 76.4 Å². The van der Waals surface area contributed by atoms with E-state index in [2.05, 4.69) is 24.8 Å². The minimum atomic E-state index is -0.0300. The number of fused-ring (bicyclic) bond motifs is 1. The molecule has 2 aromatic heterocycles. The molecule has 1 aliphatic heterocycles. The summed E-state index contributed by atoms with van der Waals surface area (Å²) in [4.78, 5) is 30.3. The van der Waals surface area contributed by atoms with Gasteiger partial charge in [-0.1, -0.05) is 0 Å². The Kier molecular flexibility index (Phi) is 5.21. The molecule has 8 heteroatoms. The van der Waals surface area contributed by atoms with Crippen LogP contribution in [0.2, 0.25) is 0 Å². The summed E-state index contributed by atoms with van der Waals surface area (Å²) in [5.74, 6) is 1.76. The van der Waals surface area contributed by atoms with E-state index in [1.165, 1.54) is 0 Å². The summed E-state index contributed by atoms with van der Waals surface area (Å²) < 4.78 is 6.64. The number of piperazine rings is 1. The molecule has 0 radical (unpaired) electrons. The van der Waals surface area contributed by atoms with Gasteiger partial charge in [-0.3, -0.25) is 9.36 Å². The van der Waals surface area contributed by atoms with Crippen molar-refractivity contribution in [2.45, 2.75) is 13.5 Å². The first-order valence-corrected chi connectivity index (χ1v) is 9.43. The van der Waals surface area contributed by atoms with E-state index in [0.29, 0.717) is 18.5 Å². The third-order valence-electron chi connectivity index (χ3n) is 5.08. The van der Waals surface area contributed by atoms with E-state index >= 15 is 0 Å². The molecule has 0 unspecified atom stereocenters. The standard InChI is InChI=1S/C20H24N6O2/c1-15-21-6-5-19(23-15)25-9-7-24(8-10-25)16-3-4-17-18(13-16)22-14-26(20(17)27)11-12-28-2/h3-6,13-14H,7-12H2,1-2H3. The smallest absolute Gasteiger partial charge is 0.261 e. The third-order valence-corrected chi connectivity index (χ3v) is 5.08. The average Bonchev–Trinajstić information content (AvgIpc) is 2.73. The number of nitrogens with zero attached hydrogens (tertiary/aromatic N) is 6. The monoisotopic (exact) mass is 380 g/mol. The molecule has 0 N–H and O–H groups in total. The molecule has 4 rings (SSSR count). The summed E-state index contributed by atoms with van der Waals surface area (Å²) in [6, 6.07) is 7.85. The van der Waals surface area contributed by atoms with Crippen LogP contribution in [0.5, 0.6) is 0 Å². The second-order valence-corrected chi connectivity index (χ2v) is 6.87. The minimum Gasteiger partial charge on any atom is -0.383 e. The predicted octanol–water partition coefficient (Wildman–Crippen LogP) is 1.47. The molecular weight excluding hydrogens is 356 g/mol. The Balaban J connectivity index is 1.50. The quantitative estimate of drug-likeness (QED) is 0.663. The van der Waals surface area contributed by atoms with E-state index in [-0.39, 0.29) is 5.56 Å². The summed E-state index contributed by atoms with van der Waals surface area (Å²) >= 11 is 0. The van der Waals surface area contributed by atoms with Crippen LogP contribution in [0.3, 0.4) is 0 Å². The molecular formula is C20H24N6O2. The molecule has 0 saturated carbocycles. The van der Waals surface area contributed by atoms with Crippen molar-refractivity contribution < 1.29 is 4.74 Å². The van der Waals surface area contributed by atoms with E-state index < -0.39 is 0 Å². The van der Waals surface area contributed by atoms with Crippen molar-refractivity contribution in [3.63, 3.8) is 0 Å². The fourth-order valence-electron chi connectivity index (χ4n) is 3.51. The number of rotatable bonds is 5. The number of hydrogen-bond donors (Lipinski definition) is 0. The van der Waals surface area contributed by atoms with Gasteiger partial charge in [0.2, 0.25) is 0 Å². The Morgan fingerprint density at radius 1 is 1.07 bits per heavy atom. The molecule has 0 aliphatic carbocycles. The number of aryl methyl sites for hydroxylation is 1. The highest BCUT2D eigenvalue weighted by atomic mass is 16.5. The van der Waals surface area contributed by atoms with Crippen molar-refractivity contribution in [2.75, 3.05) is 49.7 Å². The molecule has 3 aromatic rings. The molecule has 1 saturated heterocycles.